The molecule has 6 heteroatoms. The van der Waals surface area contributed by atoms with E-state index in [4.69, 9.17) is 14.2 Å². The summed E-state index contributed by atoms with van der Waals surface area (Å²) in [6, 6.07) is 0. The lowest BCUT2D eigenvalue weighted by Gasteiger charge is -2.18. The largest absolute Gasteiger partial charge is 0.462 e. The van der Waals surface area contributed by atoms with Crippen LogP contribution < -0.4 is 0 Å². The molecular weight excluding hydrogens is 600 g/mol. The molecule has 0 aromatic rings. The van der Waals surface area contributed by atoms with Crippen molar-refractivity contribution in [2.45, 2.75) is 227 Å². The highest BCUT2D eigenvalue weighted by Gasteiger charge is 2.19. The second-order valence-electron chi connectivity index (χ2n) is 15.2. The van der Waals surface area contributed by atoms with E-state index in [1.54, 1.807) is 0 Å². The minimum Gasteiger partial charge on any atom is -0.462 e. The molecule has 0 aliphatic carbocycles. The Hall–Kier alpha value is -1.59. The Kier molecular flexibility index (Phi) is 34.1. The van der Waals surface area contributed by atoms with E-state index in [9.17, 15) is 14.4 Å². The van der Waals surface area contributed by atoms with Crippen molar-refractivity contribution >= 4 is 17.9 Å². The Labute approximate surface area is 298 Å². The van der Waals surface area contributed by atoms with Gasteiger partial charge in [-0.2, -0.15) is 0 Å². The van der Waals surface area contributed by atoms with Gasteiger partial charge in [-0.05, 0) is 31.1 Å². The zero-order chi connectivity index (χ0) is 35.5. The molecule has 1 atom stereocenters. The summed E-state index contributed by atoms with van der Waals surface area (Å²) in [6.45, 7) is 11.2. The predicted molar refractivity (Wildman–Crippen MR) is 201 cm³/mol. The highest BCUT2D eigenvalue weighted by atomic mass is 16.6. The highest BCUT2D eigenvalue weighted by Crippen LogP contribution is 2.15. The second-order valence-corrected chi connectivity index (χ2v) is 15.2. The molecule has 0 aromatic carbocycles. The van der Waals surface area contributed by atoms with Gasteiger partial charge in [0.25, 0.3) is 0 Å². The molecule has 0 bridgehead atoms. The highest BCUT2D eigenvalue weighted by molar-refractivity contribution is 5.71. The van der Waals surface area contributed by atoms with Gasteiger partial charge in [0.2, 0.25) is 0 Å². The van der Waals surface area contributed by atoms with Crippen molar-refractivity contribution in [1.82, 2.24) is 0 Å². The molecule has 48 heavy (non-hydrogen) atoms. The number of esters is 3. The summed E-state index contributed by atoms with van der Waals surface area (Å²) < 4.78 is 16.6. The molecule has 0 unspecified atom stereocenters. The van der Waals surface area contributed by atoms with Crippen LogP contribution in [0.2, 0.25) is 0 Å². The molecule has 0 aromatic heterocycles. The number of carbonyl (C=O) groups is 3. The van der Waals surface area contributed by atoms with E-state index in [2.05, 4.69) is 34.6 Å². The molecule has 284 valence electrons. The molecule has 0 fully saturated rings. The van der Waals surface area contributed by atoms with Crippen molar-refractivity contribution < 1.29 is 28.6 Å². The molecule has 0 heterocycles. The zero-order valence-electron chi connectivity index (χ0n) is 32.6. The Morgan fingerprint density at radius 1 is 0.396 bits per heavy atom. The summed E-state index contributed by atoms with van der Waals surface area (Å²) in [6.07, 6.45) is 31.0. The van der Waals surface area contributed by atoms with Gasteiger partial charge in [0.1, 0.15) is 13.2 Å². The third-order valence-electron chi connectivity index (χ3n) is 9.22. The summed E-state index contributed by atoms with van der Waals surface area (Å²) >= 11 is 0. The van der Waals surface area contributed by atoms with Gasteiger partial charge in [-0.1, -0.05) is 182 Å². The van der Waals surface area contributed by atoms with Crippen LogP contribution in [0.1, 0.15) is 221 Å². The first-order chi connectivity index (χ1) is 23.2. The minimum atomic E-state index is -0.759. The van der Waals surface area contributed by atoms with Gasteiger partial charge < -0.3 is 14.2 Å². The Balaban J connectivity index is 4.36. The lowest BCUT2D eigenvalue weighted by molar-refractivity contribution is -0.167. The van der Waals surface area contributed by atoms with Crippen molar-refractivity contribution in [3.8, 4) is 0 Å². The predicted octanol–water partition coefficient (Wildman–Crippen LogP) is 12.6. The standard InChI is InChI=1S/C42H80O6/c1-6-7-8-9-10-11-17-22-27-32-40(43)46-35-39(36-47-41(44)33-28-23-19-14-16-21-26-31-38(4)5)48-42(45)34-29-24-18-13-12-15-20-25-30-37(2)3/h37-39H,6-36H2,1-5H3/t39-/m1/s1. The molecule has 0 aliphatic rings. The summed E-state index contributed by atoms with van der Waals surface area (Å²) in [5.41, 5.74) is 0. The van der Waals surface area contributed by atoms with Gasteiger partial charge in [-0.25, -0.2) is 0 Å². The van der Waals surface area contributed by atoms with Crippen LogP contribution in [0.3, 0.4) is 0 Å². The fourth-order valence-corrected chi connectivity index (χ4v) is 6.05. The summed E-state index contributed by atoms with van der Waals surface area (Å²) in [7, 11) is 0. The maximum atomic E-state index is 12.6. The van der Waals surface area contributed by atoms with E-state index in [0.29, 0.717) is 19.3 Å². The van der Waals surface area contributed by atoms with Crippen LogP contribution >= 0.6 is 0 Å². The van der Waals surface area contributed by atoms with Crippen LogP contribution in [-0.4, -0.2) is 37.2 Å². The first-order valence-electron chi connectivity index (χ1n) is 20.7. The van der Waals surface area contributed by atoms with E-state index in [1.165, 1.54) is 109 Å². The number of hydrogen-bond donors (Lipinski definition) is 0. The van der Waals surface area contributed by atoms with Gasteiger partial charge in [-0.15, -0.1) is 0 Å². The minimum absolute atomic E-state index is 0.0666. The fourth-order valence-electron chi connectivity index (χ4n) is 6.05. The summed E-state index contributed by atoms with van der Waals surface area (Å²) in [4.78, 5) is 37.5. The Bertz CT molecular complexity index is 734. The quantitative estimate of drug-likeness (QED) is 0.0372. The fraction of sp³-hybridized carbons (Fsp3) is 0.929. The molecule has 0 aliphatic heterocycles. The summed E-state index contributed by atoms with van der Waals surface area (Å²) in [5.74, 6) is 0.705. The maximum absolute atomic E-state index is 12.6. The van der Waals surface area contributed by atoms with Crippen LogP contribution in [-0.2, 0) is 28.6 Å². The molecule has 0 saturated carbocycles. The monoisotopic (exact) mass is 681 g/mol. The normalized spacial score (nSPS) is 12.1. The number of ether oxygens (including phenoxy) is 3. The Morgan fingerprint density at radius 3 is 1.02 bits per heavy atom. The van der Waals surface area contributed by atoms with Gasteiger partial charge in [0, 0.05) is 19.3 Å². The van der Waals surface area contributed by atoms with Gasteiger partial charge in [-0.3, -0.25) is 14.4 Å². The van der Waals surface area contributed by atoms with E-state index < -0.39 is 6.10 Å². The zero-order valence-corrected chi connectivity index (χ0v) is 32.6. The average Bonchev–Trinajstić information content (AvgIpc) is 3.04. The summed E-state index contributed by atoms with van der Waals surface area (Å²) in [5, 5.41) is 0. The SMILES string of the molecule is CCCCCCCCCCCC(=O)OC[C@H](COC(=O)CCCCCCCCCC(C)C)OC(=O)CCCCCCCCCCC(C)C. The number of rotatable bonds is 36. The molecule has 0 saturated heterocycles. The van der Waals surface area contributed by atoms with Crippen LogP contribution in [0.5, 0.6) is 0 Å². The number of hydrogen-bond acceptors (Lipinski definition) is 6. The smallest absolute Gasteiger partial charge is 0.306 e. The van der Waals surface area contributed by atoms with Crippen LogP contribution in [0.25, 0.3) is 0 Å². The average molecular weight is 681 g/mol. The topological polar surface area (TPSA) is 78.9 Å². The van der Waals surface area contributed by atoms with Gasteiger partial charge in [0.15, 0.2) is 6.10 Å². The van der Waals surface area contributed by atoms with E-state index in [-0.39, 0.29) is 31.1 Å². The first-order valence-corrected chi connectivity index (χ1v) is 20.7. The van der Waals surface area contributed by atoms with Crippen molar-refractivity contribution in [2.75, 3.05) is 13.2 Å². The van der Waals surface area contributed by atoms with E-state index in [1.807, 2.05) is 0 Å². The second kappa shape index (κ2) is 35.2. The Morgan fingerprint density at radius 2 is 0.688 bits per heavy atom. The van der Waals surface area contributed by atoms with E-state index in [0.717, 1.165) is 69.6 Å². The molecule has 0 radical (unpaired) electrons. The lowest BCUT2D eigenvalue weighted by Crippen LogP contribution is -2.30. The third kappa shape index (κ3) is 35.7. The van der Waals surface area contributed by atoms with E-state index >= 15 is 0 Å². The van der Waals surface area contributed by atoms with Crippen molar-refractivity contribution in [2.24, 2.45) is 11.8 Å². The van der Waals surface area contributed by atoms with Crippen molar-refractivity contribution in [3.63, 3.8) is 0 Å². The molecule has 6 nitrogen and oxygen atoms in total. The van der Waals surface area contributed by atoms with Crippen LogP contribution in [0.15, 0.2) is 0 Å². The molecule has 0 rings (SSSR count). The number of unbranched alkanes of at least 4 members (excludes halogenated alkanes) is 21. The van der Waals surface area contributed by atoms with Crippen molar-refractivity contribution in [1.29, 1.82) is 0 Å². The van der Waals surface area contributed by atoms with Gasteiger partial charge in [0.05, 0.1) is 0 Å². The van der Waals surface area contributed by atoms with Crippen molar-refractivity contribution in [3.05, 3.63) is 0 Å². The molecule has 0 N–H and O–H groups in total. The number of carbonyl (C=O) groups excluding carboxylic acids is 3. The van der Waals surface area contributed by atoms with Crippen LogP contribution in [0.4, 0.5) is 0 Å². The maximum Gasteiger partial charge on any atom is 0.306 e. The molecule has 0 amide bonds. The first kappa shape index (κ1) is 46.4. The molecular formula is C42H80O6. The van der Waals surface area contributed by atoms with Crippen LogP contribution in [0, 0.1) is 11.8 Å². The molecule has 0 spiro atoms. The third-order valence-corrected chi connectivity index (χ3v) is 9.22. The lowest BCUT2D eigenvalue weighted by atomic mass is 10.0. The van der Waals surface area contributed by atoms with Gasteiger partial charge >= 0.3 is 17.9 Å².